The van der Waals surface area contributed by atoms with Gasteiger partial charge in [-0.05, 0) is 17.3 Å². The summed E-state index contributed by atoms with van der Waals surface area (Å²) in [4.78, 5) is 11.8. The van der Waals surface area contributed by atoms with Gasteiger partial charge in [0.1, 0.15) is 6.10 Å². The van der Waals surface area contributed by atoms with E-state index < -0.39 is 0 Å². The van der Waals surface area contributed by atoms with Gasteiger partial charge in [0, 0.05) is 6.42 Å². The van der Waals surface area contributed by atoms with Gasteiger partial charge in [-0.3, -0.25) is 4.79 Å². The van der Waals surface area contributed by atoms with Gasteiger partial charge in [0.05, 0.1) is 6.61 Å². The van der Waals surface area contributed by atoms with Crippen LogP contribution in [0.2, 0.25) is 0 Å². The third-order valence-electron chi connectivity index (χ3n) is 2.48. The van der Waals surface area contributed by atoms with Crippen molar-refractivity contribution in [1.82, 2.24) is 0 Å². The molecular formula is C12H22O2. The maximum absolute atomic E-state index is 11.8. The first-order valence-corrected chi connectivity index (χ1v) is 5.34. The van der Waals surface area contributed by atoms with E-state index in [1.165, 1.54) is 0 Å². The molecule has 0 radical (unpaired) electrons. The van der Waals surface area contributed by atoms with Crippen molar-refractivity contribution in [2.45, 2.75) is 53.6 Å². The van der Waals surface area contributed by atoms with Crippen LogP contribution in [0.5, 0.6) is 0 Å². The van der Waals surface area contributed by atoms with Crippen molar-refractivity contribution in [3.63, 3.8) is 0 Å². The van der Waals surface area contributed by atoms with E-state index in [4.69, 9.17) is 4.74 Å². The van der Waals surface area contributed by atoms with Crippen LogP contribution in [0.25, 0.3) is 0 Å². The number of carbonyl (C=O) groups excluding carboxylic acids is 1. The van der Waals surface area contributed by atoms with Gasteiger partial charge < -0.3 is 4.74 Å². The van der Waals surface area contributed by atoms with Gasteiger partial charge in [-0.25, -0.2) is 0 Å². The van der Waals surface area contributed by atoms with Crippen LogP contribution in [0.3, 0.4) is 0 Å². The minimum Gasteiger partial charge on any atom is -0.370 e. The fraction of sp³-hybridized carbons (Fsp3) is 0.917. The van der Waals surface area contributed by atoms with Crippen molar-refractivity contribution in [3.05, 3.63) is 0 Å². The lowest BCUT2D eigenvalue weighted by atomic mass is 9.80. The van der Waals surface area contributed by atoms with Crippen LogP contribution < -0.4 is 0 Å². The highest BCUT2D eigenvalue weighted by Gasteiger charge is 2.35. The quantitative estimate of drug-likeness (QED) is 0.647. The molecule has 1 saturated heterocycles. The van der Waals surface area contributed by atoms with E-state index in [-0.39, 0.29) is 22.7 Å². The number of ether oxygens (including phenoxy) is 1. The molecule has 0 aliphatic carbocycles. The normalized spacial score (nSPS) is 27.8. The Morgan fingerprint density at radius 3 is 2.43 bits per heavy atom. The molecule has 82 valence electrons. The Labute approximate surface area is 87.0 Å². The lowest BCUT2D eigenvalue weighted by Crippen LogP contribution is -2.41. The van der Waals surface area contributed by atoms with Crippen LogP contribution in [-0.2, 0) is 9.53 Å². The monoisotopic (exact) mass is 198 g/mol. The molecule has 1 atom stereocenters. The molecule has 0 bridgehead atoms. The van der Waals surface area contributed by atoms with Gasteiger partial charge in [-0.15, -0.1) is 0 Å². The van der Waals surface area contributed by atoms with Gasteiger partial charge in [0.2, 0.25) is 0 Å². The summed E-state index contributed by atoms with van der Waals surface area (Å²) in [7, 11) is 0. The van der Waals surface area contributed by atoms with Gasteiger partial charge in [0.15, 0.2) is 5.78 Å². The number of Topliss-reactive ketones (excluding diaryl/α,β-unsaturated/α-hetero) is 1. The van der Waals surface area contributed by atoms with Gasteiger partial charge in [0.25, 0.3) is 0 Å². The lowest BCUT2D eigenvalue weighted by molar-refractivity contribution is -0.146. The molecule has 1 rings (SSSR count). The van der Waals surface area contributed by atoms with E-state index in [0.717, 1.165) is 6.42 Å². The molecular weight excluding hydrogens is 176 g/mol. The van der Waals surface area contributed by atoms with E-state index in [9.17, 15) is 4.79 Å². The predicted octanol–water partition coefficient (Wildman–Crippen LogP) is 2.81. The molecule has 1 fully saturated rings. The minimum absolute atomic E-state index is 0.0332. The summed E-state index contributed by atoms with van der Waals surface area (Å²) in [5.74, 6) is 0.274. The zero-order valence-corrected chi connectivity index (χ0v) is 10.0. The molecule has 14 heavy (non-hydrogen) atoms. The molecule has 1 aliphatic heterocycles. The van der Waals surface area contributed by atoms with Crippen LogP contribution in [0, 0.1) is 10.8 Å². The second-order valence-electron chi connectivity index (χ2n) is 6.37. The SMILES string of the molecule is CC(C)(C)CC1OCC(C)(C)CC1=O. The summed E-state index contributed by atoms with van der Waals surface area (Å²) in [6.45, 7) is 11.3. The number of carbonyl (C=O) groups is 1. The summed E-state index contributed by atoms with van der Waals surface area (Å²) >= 11 is 0. The average Bonchev–Trinajstić information content (AvgIpc) is 1.92. The topological polar surface area (TPSA) is 26.3 Å². The largest absolute Gasteiger partial charge is 0.370 e. The Hall–Kier alpha value is -0.370. The van der Waals surface area contributed by atoms with Crippen molar-refractivity contribution in [1.29, 1.82) is 0 Å². The standard InChI is InChI=1S/C12H22O2/c1-11(2,3)7-10-9(13)6-12(4,5)8-14-10/h10H,6-8H2,1-5H3. The van der Waals surface area contributed by atoms with E-state index >= 15 is 0 Å². The van der Waals surface area contributed by atoms with E-state index in [1.807, 2.05) is 0 Å². The number of ketones is 1. The first-order chi connectivity index (χ1) is 6.20. The minimum atomic E-state index is -0.164. The summed E-state index contributed by atoms with van der Waals surface area (Å²) in [6.07, 6.45) is 1.33. The second kappa shape index (κ2) is 3.65. The molecule has 0 amide bonds. The molecule has 1 heterocycles. The van der Waals surface area contributed by atoms with E-state index in [1.54, 1.807) is 0 Å². The Balaban J connectivity index is 2.55. The molecule has 0 spiro atoms. The van der Waals surface area contributed by atoms with E-state index in [0.29, 0.717) is 13.0 Å². The average molecular weight is 198 g/mol. The maximum atomic E-state index is 11.8. The van der Waals surface area contributed by atoms with Crippen LogP contribution >= 0.6 is 0 Å². The number of rotatable bonds is 1. The highest BCUT2D eigenvalue weighted by atomic mass is 16.5. The summed E-state index contributed by atoms with van der Waals surface area (Å²) in [5.41, 5.74) is 0.202. The Morgan fingerprint density at radius 2 is 2.00 bits per heavy atom. The van der Waals surface area contributed by atoms with Crippen molar-refractivity contribution < 1.29 is 9.53 Å². The summed E-state index contributed by atoms with van der Waals surface area (Å²) in [6, 6.07) is 0. The molecule has 2 heteroatoms. The van der Waals surface area contributed by atoms with Crippen LogP contribution in [-0.4, -0.2) is 18.5 Å². The molecule has 0 aromatic carbocycles. The maximum Gasteiger partial charge on any atom is 0.162 e. The zero-order valence-electron chi connectivity index (χ0n) is 10.0. The zero-order chi connectivity index (χ0) is 11.0. The number of hydrogen-bond donors (Lipinski definition) is 0. The Bertz CT molecular complexity index is 223. The van der Waals surface area contributed by atoms with Crippen LogP contribution in [0.4, 0.5) is 0 Å². The second-order valence-corrected chi connectivity index (χ2v) is 6.37. The van der Waals surface area contributed by atoms with E-state index in [2.05, 4.69) is 34.6 Å². The fourth-order valence-electron chi connectivity index (χ4n) is 1.78. The summed E-state index contributed by atoms with van der Waals surface area (Å²) in [5, 5.41) is 0. The summed E-state index contributed by atoms with van der Waals surface area (Å²) < 4.78 is 5.63. The van der Waals surface area contributed by atoms with Crippen LogP contribution in [0.1, 0.15) is 47.5 Å². The highest BCUT2D eigenvalue weighted by molar-refractivity contribution is 5.84. The van der Waals surface area contributed by atoms with Gasteiger partial charge in [-0.1, -0.05) is 34.6 Å². The first kappa shape index (κ1) is 11.7. The Morgan fingerprint density at radius 1 is 1.43 bits per heavy atom. The Kier molecular flexibility index (Phi) is 3.05. The fourth-order valence-corrected chi connectivity index (χ4v) is 1.78. The van der Waals surface area contributed by atoms with Crippen molar-refractivity contribution in [2.24, 2.45) is 10.8 Å². The van der Waals surface area contributed by atoms with Crippen molar-refractivity contribution >= 4 is 5.78 Å². The van der Waals surface area contributed by atoms with Gasteiger partial charge >= 0.3 is 0 Å². The van der Waals surface area contributed by atoms with Gasteiger partial charge in [-0.2, -0.15) is 0 Å². The molecule has 0 aromatic heterocycles. The molecule has 0 aromatic rings. The molecule has 1 aliphatic rings. The highest BCUT2D eigenvalue weighted by Crippen LogP contribution is 2.32. The van der Waals surface area contributed by atoms with Crippen LogP contribution in [0.15, 0.2) is 0 Å². The number of hydrogen-bond acceptors (Lipinski definition) is 2. The molecule has 0 saturated carbocycles. The van der Waals surface area contributed by atoms with Crippen molar-refractivity contribution in [3.8, 4) is 0 Å². The molecule has 1 unspecified atom stereocenters. The third-order valence-corrected chi connectivity index (χ3v) is 2.48. The van der Waals surface area contributed by atoms with Crippen molar-refractivity contribution in [2.75, 3.05) is 6.61 Å². The smallest absolute Gasteiger partial charge is 0.162 e. The predicted molar refractivity (Wildman–Crippen MR) is 57.2 cm³/mol. The third kappa shape index (κ3) is 3.41. The molecule has 0 N–H and O–H groups in total. The lowest BCUT2D eigenvalue weighted by Gasteiger charge is -2.35. The molecule has 2 nitrogen and oxygen atoms in total. The first-order valence-electron chi connectivity index (χ1n) is 5.34.